The predicted octanol–water partition coefficient (Wildman–Crippen LogP) is 6.35. The van der Waals surface area contributed by atoms with Crippen LogP contribution in [-0.2, 0) is 12.3 Å². The van der Waals surface area contributed by atoms with Crippen LogP contribution in [0.4, 0.5) is 10.1 Å². The lowest BCUT2D eigenvalue weighted by molar-refractivity contribution is 0.249. The molecule has 192 valence electrons. The number of nitrogens with zero attached hydrogens (tertiary/aromatic N) is 4. The van der Waals surface area contributed by atoms with Gasteiger partial charge in [0.2, 0.25) is 0 Å². The minimum atomic E-state index is -0.368. The largest absolute Gasteiger partial charge is 0.369 e. The van der Waals surface area contributed by atoms with E-state index in [2.05, 4.69) is 15.9 Å². The predicted molar refractivity (Wildman–Crippen MR) is 152 cm³/mol. The van der Waals surface area contributed by atoms with Crippen LogP contribution in [-0.4, -0.2) is 47.2 Å². The molecular weight excluding hydrogens is 530 g/mol. The number of thioether (sulfide) groups is 1. The van der Waals surface area contributed by atoms with Crippen LogP contribution in [0.5, 0.6) is 0 Å². The third-order valence-electron chi connectivity index (χ3n) is 6.60. The van der Waals surface area contributed by atoms with E-state index in [0.29, 0.717) is 33.4 Å². The number of halogens is 3. The van der Waals surface area contributed by atoms with Gasteiger partial charge in [-0.3, -0.25) is 14.3 Å². The fourth-order valence-corrected chi connectivity index (χ4v) is 6.12. The van der Waals surface area contributed by atoms with E-state index in [1.807, 2.05) is 42.5 Å². The molecule has 2 heterocycles. The first-order valence-corrected chi connectivity index (χ1v) is 14.0. The molecule has 5 nitrogen and oxygen atoms in total. The van der Waals surface area contributed by atoms with E-state index in [9.17, 15) is 9.18 Å². The van der Waals surface area contributed by atoms with Gasteiger partial charge in [-0.2, -0.15) is 0 Å². The average Bonchev–Trinajstić information content (AvgIpc) is 2.90. The van der Waals surface area contributed by atoms with Gasteiger partial charge < -0.3 is 4.90 Å². The summed E-state index contributed by atoms with van der Waals surface area (Å²) < 4.78 is 15.2. The Morgan fingerprint density at radius 2 is 1.73 bits per heavy atom. The molecule has 0 N–H and O–H groups in total. The molecule has 1 aliphatic rings. The van der Waals surface area contributed by atoms with Gasteiger partial charge in [0.15, 0.2) is 5.16 Å². The summed E-state index contributed by atoms with van der Waals surface area (Å²) >= 11 is 13.8. The highest BCUT2D eigenvalue weighted by Gasteiger charge is 2.18. The van der Waals surface area contributed by atoms with Gasteiger partial charge in [-0.1, -0.05) is 59.2 Å². The van der Waals surface area contributed by atoms with E-state index in [0.717, 1.165) is 55.4 Å². The van der Waals surface area contributed by atoms with Gasteiger partial charge in [0.25, 0.3) is 5.56 Å². The second-order valence-electron chi connectivity index (χ2n) is 9.05. The van der Waals surface area contributed by atoms with Crippen molar-refractivity contribution < 1.29 is 4.39 Å². The lowest BCUT2D eigenvalue weighted by Crippen LogP contribution is -2.46. The molecule has 0 amide bonds. The molecular formula is C28H27Cl2FN4OS. The number of piperazine rings is 1. The maximum Gasteiger partial charge on any atom is 0.262 e. The van der Waals surface area contributed by atoms with Crippen LogP contribution < -0.4 is 10.5 Å². The lowest BCUT2D eigenvalue weighted by Gasteiger charge is -2.36. The van der Waals surface area contributed by atoms with Gasteiger partial charge in [0, 0.05) is 54.2 Å². The monoisotopic (exact) mass is 556 g/mol. The number of anilines is 1. The van der Waals surface area contributed by atoms with Crippen LogP contribution >= 0.6 is 35.0 Å². The topological polar surface area (TPSA) is 41.4 Å². The average molecular weight is 558 g/mol. The summed E-state index contributed by atoms with van der Waals surface area (Å²) in [4.78, 5) is 23.0. The maximum absolute atomic E-state index is 13.5. The summed E-state index contributed by atoms with van der Waals surface area (Å²) in [6.07, 6.45) is 0.835. The number of aromatic nitrogens is 2. The van der Waals surface area contributed by atoms with Crippen LogP contribution in [0.3, 0.4) is 0 Å². The van der Waals surface area contributed by atoms with Crippen molar-refractivity contribution in [3.8, 4) is 0 Å². The van der Waals surface area contributed by atoms with E-state index < -0.39 is 0 Å². The van der Waals surface area contributed by atoms with Crippen LogP contribution in [0.25, 0.3) is 10.9 Å². The summed E-state index contributed by atoms with van der Waals surface area (Å²) in [7, 11) is 0. The van der Waals surface area contributed by atoms with Crippen molar-refractivity contribution >= 4 is 51.6 Å². The molecule has 0 radical (unpaired) electrons. The van der Waals surface area contributed by atoms with E-state index in [-0.39, 0.29) is 11.4 Å². The van der Waals surface area contributed by atoms with E-state index in [1.54, 1.807) is 10.6 Å². The molecule has 0 saturated carbocycles. The Labute approximate surface area is 229 Å². The summed E-state index contributed by atoms with van der Waals surface area (Å²) in [6.45, 7) is 5.28. The molecule has 4 aromatic rings. The second kappa shape index (κ2) is 11.9. The quantitative estimate of drug-likeness (QED) is 0.187. The van der Waals surface area contributed by atoms with Crippen molar-refractivity contribution in [3.05, 3.63) is 98.5 Å². The highest BCUT2D eigenvalue weighted by atomic mass is 35.5. The van der Waals surface area contributed by atoms with Crippen LogP contribution in [0.1, 0.15) is 12.0 Å². The number of fused-ring (bicyclic) bond motifs is 1. The molecule has 1 saturated heterocycles. The van der Waals surface area contributed by atoms with Gasteiger partial charge in [0.1, 0.15) is 5.82 Å². The molecule has 0 unspecified atom stereocenters. The normalized spacial score (nSPS) is 14.4. The lowest BCUT2D eigenvalue weighted by atomic mass is 10.2. The van der Waals surface area contributed by atoms with Crippen LogP contribution in [0.2, 0.25) is 10.0 Å². The minimum Gasteiger partial charge on any atom is -0.369 e. The van der Waals surface area contributed by atoms with Gasteiger partial charge >= 0.3 is 0 Å². The SMILES string of the molecule is O=c1c2ccccc2nc(SCc2ccc(F)cc2Cl)n1CCCN1CCN(c2cccc(Cl)c2)CC1. The zero-order valence-corrected chi connectivity index (χ0v) is 22.6. The molecule has 1 fully saturated rings. The molecule has 0 aliphatic carbocycles. The Bertz CT molecular complexity index is 1460. The highest BCUT2D eigenvalue weighted by molar-refractivity contribution is 7.98. The maximum atomic E-state index is 13.5. The zero-order chi connectivity index (χ0) is 25.8. The fourth-order valence-electron chi connectivity index (χ4n) is 4.59. The van der Waals surface area contributed by atoms with Crippen LogP contribution in [0.15, 0.2) is 76.7 Å². The number of rotatable bonds is 8. The second-order valence-corrected chi connectivity index (χ2v) is 10.8. The highest BCUT2D eigenvalue weighted by Crippen LogP contribution is 2.27. The Balaban J connectivity index is 1.25. The molecule has 0 bridgehead atoms. The molecule has 5 rings (SSSR count). The minimum absolute atomic E-state index is 0.0379. The molecule has 0 spiro atoms. The summed E-state index contributed by atoms with van der Waals surface area (Å²) in [5, 5.41) is 2.39. The smallest absolute Gasteiger partial charge is 0.262 e. The van der Waals surface area contributed by atoms with E-state index in [4.69, 9.17) is 28.2 Å². The van der Waals surface area contributed by atoms with Gasteiger partial charge in [-0.25, -0.2) is 9.37 Å². The summed E-state index contributed by atoms with van der Waals surface area (Å²) in [5.74, 6) is 0.128. The third-order valence-corrected chi connectivity index (χ3v) is 8.21. The van der Waals surface area contributed by atoms with Crippen molar-refractivity contribution in [1.82, 2.24) is 14.5 Å². The Morgan fingerprint density at radius 1 is 0.919 bits per heavy atom. The van der Waals surface area contributed by atoms with Crippen LogP contribution in [0, 0.1) is 5.82 Å². The van der Waals surface area contributed by atoms with E-state index in [1.165, 1.54) is 23.9 Å². The molecule has 9 heteroatoms. The summed E-state index contributed by atoms with van der Waals surface area (Å²) in [6, 6.07) is 19.8. The number of hydrogen-bond donors (Lipinski definition) is 0. The summed E-state index contributed by atoms with van der Waals surface area (Å²) in [5.41, 5.74) is 2.60. The number of benzene rings is 3. The molecule has 3 aromatic carbocycles. The third kappa shape index (κ3) is 6.29. The fraction of sp³-hybridized carbons (Fsp3) is 0.286. The standard InChI is InChI=1S/C28H27Cl2FN4OS/c29-21-5-3-6-23(17-21)34-15-13-33(14-16-34)11-4-12-35-27(36)24-7-1-2-8-26(24)32-28(35)37-19-20-9-10-22(31)18-25(20)30/h1-3,5-10,17-18H,4,11-16,19H2. The van der Waals surface area contributed by atoms with Crippen molar-refractivity contribution in [1.29, 1.82) is 0 Å². The molecule has 37 heavy (non-hydrogen) atoms. The Kier molecular flexibility index (Phi) is 8.35. The first kappa shape index (κ1) is 26.0. The first-order valence-electron chi connectivity index (χ1n) is 12.3. The molecule has 1 aliphatic heterocycles. The van der Waals surface area contributed by atoms with Gasteiger partial charge in [-0.15, -0.1) is 0 Å². The zero-order valence-electron chi connectivity index (χ0n) is 20.2. The van der Waals surface area contributed by atoms with Crippen molar-refractivity contribution in [3.63, 3.8) is 0 Å². The van der Waals surface area contributed by atoms with Crippen molar-refractivity contribution in [2.45, 2.75) is 23.9 Å². The van der Waals surface area contributed by atoms with Gasteiger partial charge in [-0.05, 0) is 61.0 Å². The first-order chi connectivity index (χ1) is 18.0. The van der Waals surface area contributed by atoms with E-state index >= 15 is 0 Å². The Hall–Kier alpha value is -2.58. The van der Waals surface area contributed by atoms with Gasteiger partial charge in [0.05, 0.1) is 10.9 Å². The Morgan fingerprint density at radius 3 is 2.51 bits per heavy atom. The van der Waals surface area contributed by atoms with Crippen molar-refractivity contribution in [2.24, 2.45) is 0 Å². The number of para-hydroxylation sites is 1. The van der Waals surface area contributed by atoms with Crippen molar-refractivity contribution in [2.75, 3.05) is 37.6 Å². The molecule has 0 atom stereocenters. The molecule has 1 aromatic heterocycles. The number of hydrogen-bond acceptors (Lipinski definition) is 5.